The van der Waals surface area contributed by atoms with E-state index in [1.807, 2.05) is 0 Å². The molecule has 1 atom stereocenters. The first-order valence-corrected chi connectivity index (χ1v) is 26.8. The van der Waals surface area contributed by atoms with E-state index in [-0.39, 0.29) is 25.2 Å². The lowest BCUT2D eigenvalue weighted by molar-refractivity contribution is -0.162. The first-order chi connectivity index (χ1) is 30.6. The first-order valence-electron chi connectivity index (χ1n) is 26.8. The third kappa shape index (κ3) is 50.2. The topological polar surface area (TPSA) is 61.8 Å². The lowest BCUT2D eigenvalue weighted by atomic mass is 10.0. The van der Waals surface area contributed by atoms with Crippen LogP contribution in [-0.4, -0.2) is 37.9 Å². The van der Waals surface area contributed by atoms with E-state index in [0.29, 0.717) is 19.4 Å². The molecule has 0 bridgehead atoms. The van der Waals surface area contributed by atoms with E-state index >= 15 is 0 Å². The molecule has 0 spiro atoms. The van der Waals surface area contributed by atoms with Crippen LogP contribution in [0.25, 0.3) is 0 Å². The van der Waals surface area contributed by atoms with Gasteiger partial charge in [0.1, 0.15) is 6.61 Å². The van der Waals surface area contributed by atoms with Gasteiger partial charge in [0.05, 0.1) is 6.61 Å². The van der Waals surface area contributed by atoms with E-state index in [0.717, 1.165) is 70.6 Å². The molecule has 0 saturated heterocycles. The quantitative estimate of drug-likeness (QED) is 0.0346. The van der Waals surface area contributed by atoms with Crippen LogP contribution in [-0.2, 0) is 23.8 Å². The normalized spacial score (nSPS) is 12.6. The zero-order valence-electron chi connectivity index (χ0n) is 41.4. The molecule has 0 aromatic carbocycles. The highest BCUT2D eigenvalue weighted by Gasteiger charge is 2.17. The fourth-order valence-corrected chi connectivity index (χ4v) is 7.61. The fourth-order valence-electron chi connectivity index (χ4n) is 7.61. The maximum atomic E-state index is 12.8. The summed E-state index contributed by atoms with van der Waals surface area (Å²) in [5, 5.41) is 0. The molecule has 0 heterocycles. The number of esters is 2. The highest BCUT2D eigenvalue weighted by atomic mass is 16.6. The highest BCUT2D eigenvalue weighted by molar-refractivity contribution is 5.70. The summed E-state index contributed by atoms with van der Waals surface area (Å²) in [6.45, 7) is 7.68. The Bertz CT molecular complexity index is 1070. The summed E-state index contributed by atoms with van der Waals surface area (Å²) in [7, 11) is 0. The number of hydrogen-bond acceptors (Lipinski definition) is 5. The molecule has 0 aromatic rings. The van der Waals surface area contributed by atoms with E-state index in [1.54, 1.807) is 0 Å². The van der Waals surface area contributed by atoms with E-state index < -0.39 is 6.10 Å². The van der Waals surface area contributed by atoms with Gasteiger partial charge in [-0.05, 0) is 57.8 Å². The minimum absolute atomic E-state index is 0.0660. The van der Waals surface area contributed by atoms with Crippen molar-refractivity contribution < 1.29 is 23.8 Å². The number of allylic oxidation sites excluding steroid dienone is 10. The van der Waals surface area contributed by atoms with Gasteiger partial charge in [0.15, 0.2) is 6.10 Å². The lowest BCUT2D eigenvalue weighted by Crippen LogP contribution is -2.30. The number of ether oxygens (including phenoxy) is 3. The Morgan fingerprint density at radius 1 is 0.371 bits per heavy atom. The molecule has 5 nitrogen and oxygen atoms in total. The van der Waals surface area contributed by atoms with Gasteiger partial charge >= 0.3 is 11.9 Å². The van der Waals surface area contributed by atoms with Crippen molar-refractivity contribution in [2.75, 3.05) is 19.8 Å². The van der Waals surface area contributed by atoms with Crippen LogP contribution >= 0.6 is 0 Å². The minimum Gasteiger partial charge on any atom is -0.462 e. The smallest absolute Gasteiger partial charge is 0.306 e. The van der Waals surface area contributed by atoms with Gasteiger partial charge in [-0.15, -0.1) is 0 Å². The van der Waals surface area contributed by atoms with Crippen molar-refractivity contribution in [1.29, 1.82) is 0 Å². The molecule has 0 saturated carbocycles. The van der Waals surface area contributed by atoms with Crippen LogP contribution < -0.4 is 0 Å². The summed E-state index contributed by atoms with van der Waals surface area (Å²) in [5.74, 6) is -0.453. The Morgan fingerprint density at radius 2 is 0.726 bits per heavy atom. The molecule has 0 radical (unpaired) electrons. The van der Waals surface area contributed by atoms with Crippen molar-refractivity contribution in [3.63, 3.8) is 0 Å². The van der Waals surface area contributed by atoms with E-state index in [1.165, 1.54) is 161 Å². The maximum absolute atomic E-state index is 12.8. The maximum Gasteiger partial charge on any atom is 0.306 e. The van der Waals surface area contributed by atoms with Gasteiger partial charge in [-0.2, -0.15) is 0 Å². The van der Waals surface area contributed by atoms with Crippen molar-refractivity contribution >= 4 is 11.9 Å². The Morgan fingerprint density at radius 3 is 1.15 bits per heavy atom. The van der Waals surface area contributed by atoms with Gasteiger partial charge < -0.3 is 14.2 Å². The molecule has 0 amide bonds. The number of carbonyl (C=O) groups is 2. The molecule has 0 N–H and O–H groups in total. The van der Waals surface area contributed by atoms with Gasteiger partial charge in [-0.25, -0.2) is 0 Å². The third-order valence-electron chi connectivity index (χ3n) is 11.6. The molecule has 360 valence electrons. The first kappa shape index (κ1) is 59.6. The number of unbranched alkanes of at least 4 members (excludes halogenated alkanes) is 28. The molecule has 0 aliphatic carbocycles. The van der Waals surface area contributed by atoms with Gasteiger partial charge in [0.25, 0.3) is 0 Å². The van der Waals surface area contributed by atoms with Gasteiger partial charge in [-0.3, -0.25) is 9.59 Å². The minimum atomic E-state index is -0.562. The Balaban J connectivity index is 4.25. The van der Waals surface area contributed by atoms with Crippen LogP contribution in [0.15, 0.2) is 60.8 Å². The molecule has 0 aliphatic rings. The lowest BCUT2D eigenvalue weighted by Gasteiger charge is -2.18. The summed E-state index contributed by atoms with van der Waals surface area (Å²) < 4.78 is 17.3. The Labute approximate surface area is 385 Å². The molecule has 0 aromatic heterocycles. The van der Waals surface area contributed by atoms with Crippen molar-refractivity contribution in [1.82, 2.24) is 0 Å². The van der Waals surface area contributed by atoms with Crippen LogP contribution in [0, 0.1) is 0 Å². The van der Waals surface area contributed by atoms with Crippen LogP contribution in [0.1, 0.15) is 265 Å². The summed E-state index contributed by atoms with van der Waals surface area (Å²) in [6.07, 6.45) is 66.7. The van der Waals surface area contributed by atoms with Crippen LogP contribution in [0.4, 0.5) is 0 Å². The second-order valence-corrected chi connectivity index (χ2v) is 17.8. The molecule has 62 heavy (non-hydrogen) atoms. The van der Waals surface area contributed by atoms with Crippen LogP contribution in [0.2, 0.25) is 0 Å². The summed E-state index contributed by atoms with van der Waals surface area (Å²) in [4.78, 5) is 25.4. The standard InChI is InChI=1S/C57H102O5/c1-4-7-10-13-16-19-22-24-26-28-29-31-32-34-36-38-41-44-47-50-56(58)61-54-55(53-60-52-49-46-43-40-21-18-15-12-9-6-3)62-57(59)51-48-45-42-39-37-35-33-30-27-25-23-20-17-14-11-8-5-2/h8,11,17,20,25,27,33,35,39,42,55H,4-7,9-10,12-16,18-19,21-24,26,28-32,34,36-38,40-41,43-54H2,1-3H3/b11-8-,20-17-,27-25-,35-33-,42-39-. The zero-order chi connectivity index (χ0) is 44.9. The molecule has 0 aliphatic heterocycles. The molecular formula is C57H102O5. The number of rotatable bonds is 49. The average molecular weight is 867 g/mol. The predicted octanol–water partition coefficient (Wildman–Crippen LogP) is 18.1. The largest absolute Gasteiger partial charge is 0.462 e. The second kappa shape index (κ2) is 52.9. The van der Waals surface area contributed by atoms with Gasteiger partial charge in [0.2, 0.25) is 0 Å². The molecular weight excluding hydrogens is 765 g/mol. The van der Waals surface area contributed by atoms with Crippen LogP contribution in [0.3, 0.4) is 0 Å². The van der Waals surface area contributed by atoms with E-state index in [4.69, 9.17) is 14.2 Å². The van der Waals surface area contributed by atoms with E-state index in [2.05, 4.69) is 81.5 Å². The summed E-state index contributed by atoms with van der Waals surface area (Å²) in [6, 6.07) is 0. The Hall–Kier alpha value is -2.40. The van der Waals surface area contributed by atoms with Crippen molar-refractivity contribution in [3.05, 3.63) is 60.8 Å². The molecule has 0 rings (SSSR count). The third-order valence-corrected chi connectivity index (χ3v) is 11.6. The molecule has 5 heteroatoms. The van der Waals surface area contributed by atoms with Crippen LogP contribution in [0.5, 0.6) is 0 Å². The SMILES string of the molecule is CC/C=C\C/C=C\C/C=C\C/C=C\C/C=C\CCCC(=O)OC(COCCCCCCCCCCCC)COC(=O)CCCCCCCCCCCCCCCCCCCCC. The molecule has 0 fully saturated rings. The summed E-state index contributed by atoms with van der Waals surface area (Å²) >= 11 is 0. The highest BCUT2D eigenvalue weighted by Crippen LogP contribution is 2.16. The van der Waals surface area contributed by atoms with Gasteiger partial charge in [-0.1, -0.05) is 255 Å². The fraction of sp³-hybridized carbons (Fsp3) is 0.789. The van der Waals surface area contributed by atoms with E-state index in [9.17, 15) is 9.59 Å². The van der Waals surface area contributed by atoms with Crippen molar-refractivity contribution in [2.45, 2.75) is 271 Å². The number of hydrogen-bond donors (Lipinski definition) is 0. The van der Waals surface area contributed by atoms with Gasteiger partial charge in [0, 0.05) is 19.4 Å². The average Bonchev–Trinajstić information content (AvgIpc) is 3.27. The zero-order valence-corrected chi connectivity index (χ0v) is 41.4. The van der Waals surface area contributed by atoms with Crippen molar-refractivity contribution in [3.8, 4) is 0 Å². The number of carbonyl (C=O) groups excluding carboxylic acids is 2. The second-order valence-electron chi connectivity index (χ2n) is 17.8. The summed E-state index contributed by atoms with van der Waals surface area (Å²) in [5.41, 5.74) is 0. The molecule has 1 unspecified atom stereocenters. The Kier molecular flexibility index (Phi) is 50.9. The van der Waals surface area contributed by atoms with Crippen molar-refractivity contribution in [2.24, 2.45) is 0 Å². The monoisotopic (exact) mass is 867 g/mol. The predicted molar refractivity (Wildman–Crippen MR) is 270 cm³/mol.